The third kappa shape index (κ3) is 3.40. The van der Waals surface area contributed by atoms with Crippen molar-refractivity contribution in [2.24, 2.45) is 17.3 Å². The number of fused-ring (bicyclic) bond motifs is 5. The second-order valence-electron chi connectivity index (χ2n) is 9.68. The molecule has 6 heteroatoms. The molecule has 0 bridgehead atoms. The number of phenols is 2. The number of carbonyl (C=O) groups is 2. The van der Waals surface area contributed by atoms with E-state index >= 15 is 0 Å². The third-order valence-electron chi connectivity index (χ3n) is 7.96. The number of hydrogen-bond donors (Lipinski definition) is 2. The molecule has 3 aliphatic rings. The molecular weight excluding hydrogens is 424 g/mol. The number of rotatable bonds is 3. The maximum atomic E-state index is 13.8. The number of benzene rings is 2. The molecule has 0 aliphatic heterocycles. The van der Waals surface area contributed by atoms with Gasteiger partial charge in [0.05, 0.1) is 5.25 Å². The van der Waals surface area contributed by atoms with Gasteiger partial charge < -0.3 is 14.9 Å². The monoisotopic (exact) mass is 452 g/mol. The van der Waals surface area contributed by atoms with Crippen molar-refractivity contribution >= 4 is 23.5 Å². The highest BCUT2D eigenvalue weighted by atomic mass is 32.2. The first-order valence-electron chi connectivity index (χ1n) is 11.3. The van der Waals surface area contributed by atoms with E-state index in [1.165, 1.54) is 6.92 Å². The van der Waals surface area contributed by atoms with Gasteiger partial charge in [-0.05, 0) is 85.4 Å². The van der Waals surface area contributed by atoms with Gasteiger partial charge in [0.25, 0.3) is 0 Å². The molecule has 6 atom stereocenters. The van der Waals surface area contributed by atoms with Gasteiger partial charge in [0.15, 0.2) is 5.78 Å². The summed E-state index contributed by atoms with van der Waals surface area (Å²) < 4.78 is 5.75. The first-order chi connectivity index (χ1) is 15.3. The van der Waals surface area contributed by atoms with Crippen LogP contribution < -0.4 is 0 Å². The van der Waals surface area contributed by atoms with Gasteiger partial charge in [-0.25, -0.2) is 0 Å². The predicted octanol–water partition coefficient (Wildman–Crippen LogP) is 5.30. The third-order valence-corrected chi connectivity index (χ3v) is 9.29. The van der Waals surface area contributed by atoms with Crippen molar-refractivity contribution in [1.29, 1.82) is 0 Å². The minimum Gasteiger partial charge on any atom is -0.508 e. The van der Waals surface area contributed by atoms with Crippen molar-refractivity contribution in [2.75, 3.05) is 0 Å². The van der Waals surface area contributed by atoms with Gasteiger partial charge in [0, 0.05) is 22.8 Å². The average molecular weight is 453 g/mol. The first kappa shape index (κ1) is 21.4. The van der Waals surface area contributed by atoms with Crippen molar-refractivity contribution in [1.82, 2.24) is 0 Å². The van der Waals surface area contributed by atoms with Gasteiger partial charge in [0.1, 0.15) is 17.6 Å². The Bertz CT molecular complexity index is 1060. The lowest BCUT2D eigenvalue weighted by Crippen LogP contribution is -2.50. The molecule has 5 rings (SSSR count). The molecule has 0 aromatic heterocycles. The molecule has 3 aliphatic carbocycles. The van der Waals surface area contributed by atoms with E-state index in [0.717, 1.165) is 36.1 Å². The molecule has 0 amide bonds. The summed E-state index contributed by atoms with van der Waals surface area (Å²) in [4.78, 5) is 26.5. The Hall–Kier alpha value is -2.47. The lowest BCUT2D eigenvalue weighted by atomic mass is 9.55. The Morgan fingerprint density at radius 2 is 1.78 bits per heavy atom. The van der Waals surface area contributed by atoms with E-state index in [1.807, 2.05) is 18.2 Å². The second-order valence-corrected chi connectivity index (χ2v) is 10.9. The van der Waals surface area contributed by atoms with Gasteiger partial charge in [-0.1, -0.05) is 13.0 Å². The number of phenolic OH excluding ortho intramolecular Hbond substituents is 2. The molecule has 2 N–H and O–H groups in total. The molecule has 2 fully saturated rings. The molecule has 5 nitrogen and oxygen atoms in total. The van der Waals surface area contributed by atoms with E-state index in [1.54, 1.807) is 36.0 Å². The van der Waals surface area contributed by atoms with Gasteiger partial charge in [-0.2, -0.15) is 0 Å². The zero-order valence-corrected chi connectivity index (χ0v) is 19.1. The second kappa shape index (κ2) is 7.84. The van der Waals surface area contributed by atoms with Crippen molar-refractivity contribution in [3.8, 4) is 11.5 Å². The van der Waals surface area contributed by atoms with Crippen molar-refractivity contribution in [3.63, 3.8) is 0 Å². The van der Waals surface area contributed by atoms with E-state index < -0.39 is 0 Å². The molecule has 0 heterocycles. The van der Waals surface area contributed by atoms with Crippen LogP contribution in [-0.2, 0) is 9.53 Å². The van der Waals surface area contributed by atoms with E-state index in [0.29, 0.717) is 5.56 Å². The fourth-order valence-electron chi connectivity index (χ4n) is 6.54. The van der Waals surface area contributed by atoms with Crippen LogP contribution in [0.2, 0.25) is 0 Å². The smallest absolute Gasteiger partial charge is 0.302 e. The van der Waals surface area contributed by atoms with E-state index in [9.17, 15) is 19.8 Å². The lowest BCUT2D eigenvalue weighted by Gasteiger charge is -2.52. The summed E-state index contributed by atoms with van der Waals surface area (Å²) in [5.74, 6) is 0.740. The molecule has 2 aromatic rings. The fourth-order valence-corrected chi connectivity index (χ4v) is 7.90. The van der Waals surface area contributed by atoms with Crippen LogP contribution in [0, 0.1) is 17.3 Å². The van der Waals surface area contributed by atoms with E-state index in [-0.39, 0.29) is 57.8 Å². The number of hydrogen-bond acceptors (Lipinski definition) is 6. The SMILES string of the molecule is CC(=O)O[C@H]1CCC2C3C(CC[C@@]21C)c1ccc(O)cc1C(=O)[C@H]3Sc1ccc(O)cc1. The maximum absolute atomic E-state index is 13.8. The van der Waals surface area contributed by atoms with Crippen LogP contribution in [-0.4, -0.2) is 33.3 Å². The number of thioether (sulfide) groups is 1. The van der Waals surface area contributed by atoms with Gasteiger partial charge in [-0.15, -0.1) is 11.8 Å². The number of aromatic hydroxyl groups is 2. The standard InChI is InChI=1S/C26H28O5S/c1-14(27)31-22-10-9-21-23-19(11-12-26(21,22)2)18-8-5-16(29)13-20(18)24(30)25(23)32-17-6-3-15(28)4-7-17/h3-8,13,19,21-23,25,28-29H,9-12H2,1-2H3/t19?,21?,22-,23?,25-,26-/m0/s1. The summed E-state index contributed by atoms with van der Waals surface area (Å²) in [6.07, 6.45) is 3.52. The van der Waals surface area contributed by atoms with Crippen molar-refractivity contribution in [3.05, 3.63) is 53.6 Å². The normalized spacial score (nSPS) is 33.2. The minimum atomic E-state index is -0.292. The van der Waals surface area contributed by atoms with Gasteiger partial charge in [-0.3, -0.25) is 9.59 Å². The van der Waals surface area contributed by atoms with E-state index in [4.69, 9.17) is 4.74 Å². The van der Waals surface area contributed by atoms with Gasteiger partial charge in [0.2, 0.25) is 0 Å². The number of carbonyl (C=O) groups excluding carboxylic acids is 2. The molecule has 168 valence electrons. The molecule has 0 spiro atoms. The highest BCUT2D eigenvalue weighted by Gasteiger charge is 2.59. The molecule has 2 aromatic carbocycles. The van der Waals surface area contributed by atoms with E-state index in [2.05, 4.69) is 6.92 Å². The summed E-state index contributed by atoms with van der Waals surface area (Å²) in [5.41, 5.74) is 1.52. The number of ether oxygens (including phenoxy) is 1. The summed E-state index contributed by atoms with van der Waals surface area (Å²) in [6, 6.07) is 12.2. The summed E-state index contributed by atoms with van der Waals surface area (Å²) in [6.45, 7) is 3.70. The lowest BCUT2D eigenvalue weighted by molar-refractivity contribution is -0.154. The quantitative estimate of drug-likeness (QED) is 0.615. The first-order valence-corrected chi connectivity index (χ1v) is 12.2. The number of ketones is 1. The van der Waals surface area contributed by atoms with Crippen molar-refractivity contribution in [2.45, 2.75) is 61.7 Å². The summed E-state index contributed by atoms with van der Waals surface area (Å²) >= 11 is 1.55. The van der Waals surface area contributed by atoms with Crippen LogP contribution in [0.5, 0.6) is 11.5 Å². The topological polar surface area (TPSA) is 83.8 Å². The van der Waals surface area contributed by atoms with Crippen LogP contribution in [0.4, 0.5) is 0 Å². The average Bonchev–Trinajstić information content (AvgIpc) is 3.08. The Kier molecular flexibility index (Phi) is 5.24. The van der Waals surface area contributed by atoms with Crippen LogP contribution in [0.1, 0.15) is 61.4 Å². The highest BCUT2D eigenvalue weighted by molar-refractivity contribution is 8.00. The zero-order chi connectivity index (χ0) is 22.6. The van der Waals surface area contributed by atoms with Crippen molar-refractivity contribution < 1.29 is 24.5 Å². The van der Waals surface area contributed by atoms with Crippen LogP contribution >= 0.6 is 11.8 Å². The fraction of sp³-hybridized carbons (Fsp3) is 0.462. The number of Topliss-reactive ketones (excluding diaryl/α,β-unsaturated/α-hetero) is 1. The summed E-state index contributed by atoms with van der Waals surface area (Å²) in [5, 5.41) is 19.5. The Labute approximate surface area is 192 Å². The number of esters is 1. The molecule has 0 saturated heterocycles. The molecule has 3 unspecified atom stereocenters. The van der Waals surface area contributed by atoms with Gasteiger partial charge >= 0.3 is 5.97 Å². The summed E-state index contributed by atoms with van der Waals surface area (Å²) in [7, 11) is 0. The Morgan fingerprint density at radius 1 is 1.06 bits per heavy atom. The molecule has 2 saturated carbocycles. The minimum absolute atomic E-state index is 0.0513. The predicted molar refractivity (Wildman–Crippen MR) is 122 cm³/mol. The van der Waals surface area contributed by atoms with Crippen LogP contribution in [0.3, 0.4) is 0 Å². The van der Waals surface area contributed by atoms with Crippen LogP contribution in [0.25, 0.3) is 0 Å². The highest BCUT2D eigenvalue weighted by Crippen LogP contribution is 2.63. The molecular formula is C26H28O5S. The largest absolute Gasteiger partial charge is 0.508 e. The maximum Gasteiger partial charge on any atom is 0.302 e. The van der Waals surface area contributed by atoms with Crippen LogP contribution in [0.15, 0.2) is 47.4 Å². The molecule has 32 heavy (non-hydrogen) atoms. The zero-order valence-electron chi connectivity index (χ0n) is 18.3. The molecule has 0 radical (unpaired) electrons. The Morgan fingerprint density at radius 3 is 2.50 bits per heavy atom. The Balaban J connectivity index is 1.57.